The van der Waals surface area contributed by atoms with E-state index in [0.717, 1.165) is 25.6 Å². The van der Waals surface area contributed by atoms with Gasteiger partial charge in [0.05, 0.1) is 19.8 Å². The van der Waals surface area contributed by atoms with E-state index in [2.05, 4.69) is 44.8 Å². The van der Waals surface area contributed by atoms with E-state index < -0.39 is 0 Å². The molecule has 27 heavy (non-hydrogen) atoms. The molecule has 0 unspecified atom stereocenters. The Bertz CT molecular complexity index is 519. The molecule has 1 saturated heterocycles. The Hall–Kier alpha value is -0.900. The van der Waals surface area contributed by atoms with Gasteiger partial charge in [0.25, 0.3) is 0 Å². The number of ether oxygens (including phenoxy) is 2. The van der Waals surface area contributed by atoms with Crippen LogP contribution in [0, 0.1) is 0 Å². The first kappa shape index (κ1) is 24.1. The zero-order chi connectivity index (χ0) is 18.5. The molecule has 2 N–H and O–H groups in total. The molecule has 1 aliphatic rings. The second kappa shape index (κ2) is 15.1. The first-order valence-electron chi connectivity index (χ1n) is 9.63. The number of hydrogen-bond acceptors (Lipinski definition) is 4. The van der Waals surface area contributed by atoms with Crippen molar-refractivity contribution in [2.24, 2.45) is 4.99 Å². The van der Waals surface area contributed by atoms with E-state index in [1.165, 1.54) is 43.5 Å². The van der Waals surface area contributed by atoms with Crippen molar-refractivity contribution in [3.8, 4) is 0 Å². The molecule has 0 aromatic heterocycles. The number of nitrogens with one attached hydrogen (secondary N) is 2. The normalized spacial score (nSPS) is 15.3. The van der Waals surface area contributed by atoms with Gasteiger partial charge in [0.2, 0.25) is 0 Å². The minimum Gasteiger partial charge on any atom is -0.382 e. The molecule has 0 amide bonds. The number of methoxy groups -OCH3 is 1. The Morgan fingerprint density at radius 1 is 1.00 bits per heavy atom. The molecule has 0 aliphatic carbocycles. The largest absolute Gasteiger partial charge is 0.382 e. The highest BCUT2D eigenvalue weighted by Gasteiger charge is 2.10. The molecule has 7 heteroatoms. The highest BCUT2D eigenvalue weighted by atomic mass is 127. The average molecular weight is 490 g/mol. The predicted octanol–water partition coefficient (Wildman–Crippen LogP) is 2.62. The highest BCUT2D eigenvalue weighted by molar-refractivity contribution is 14.0. The van der Waals surface area contributed by atoms with Gasteiger partial charge in [-0.1, -0.05) is 30.7 Å². The third kappa shape index (κ3) is 10.3. The molecule has 1 heterocycles. The van der Waals surface area contributed by atoms with E-state index in [0.29, 0.717) is 19.8 Å². The van der Waals surface area contributed by atoms with Crippen molar-refractivity contribution in [3.63, 3.8) is 0 Å². The maximum Gasteiger partial charge on any atom is 0.191 e. The first-order chi connectivity index (χ1) is 12.8. The molecule has 0 saturated carbocycles. The summed E-state index contributed by atoms with van der Waals surface area (Å²) in [4.78, 5) is 6.79. The summed E-state index contributed by atoms with van der Waals surface area (Å²) < 4.78 is 10.4. The summed E-state index contributed by atoms with van der Waals surface area (Å²) in [6.45, 7) is 6.90. The second-order valence-corrected chi connectivity index (χ2v) is 6.61. The van der Waals surface area contributed by atoms with Gasteiger partial charge in [-0.05, 0) is 37.1 Å². The molecular weight excluding hydrogens is 455 g/mol. The van der Waals surface area contributed by atoms with Gasteiger partial charge in [0.15, 0.2) is 5.96 Å². The van der Waals surface area contributed by atoms with Crippen LogP contribution in [0.3, 0.4) is 0 Å². The van der Waals surface area contributed by atoms with E-state index in [9.17, 15) is 0 Å². The van der Waals surface area contributed by atoms with Crippen LogP contribution in [0.5, 0.6) is 0 Å². The van der Waals surface area contributed by atoms with E-state index in [-0.39, 0.29) is 24.0 Å². The maximum atomic E-state index is 5.43. The lowest BCUT2D eigenvalue weighted by Crippen LogP contribution is -2.38. The number of hydrogen-bond donors (Lipinski definition) is 2. The Kier molecular flexibility index (Phi) is 13.5. The minimum atomic E-state index is 0. The molecule has 0 bridgehead atoms. The van der Waals surface area contributed by atoms with Gasteiger partial charge >= 0.3 is 0 Å². The zero-order valence-corrected chi connectivity index (χ0v) is 19.0. The molecule has 6 nitrogen and oxygen atoms in total. The lowest BCUT2D eigenvalue weighted by molar-refractivity contribution is 0.0733. The van der Waals surface area contributed by atoms with E-state index in [4.69, 9.17) is 9.47 Å². The number of likely N-dealkylation sites (tertiary alicyclic amines) is 1. The lowest BCUT2D eigenvalue weighted by atomic mass is 10.1. The van der Waals surface area contributed by atoms with Crippen molar-refractivity contribution in [1.29, 1.82) is 0 Å². The molecule has 2 rings (SSSR count). The predicted molar refractivity (Wildman–Crippen MR) is 122 cm³/mol. The van der Waals surface area contributed by atoms with Crippen LogP contribution in [0.4, 0.5) is 0 Å². The van der Waals surface area contributed by atoms with Crippen LogP contribution < -0.4 is 10.6 Å². The number of piperidine rings is 1. The smallest absolute Gasteiger partial charge is 0.191 e. The number of nitrogens with zero attached hydrogens (tertiary/aromatic N) is 2. The Balaban J connectivity index is 0.00000364. The zero-order valence-electron chi connectivity index (χ0n) is 16.7. The summed E-state index contributed by atoms with van der Waals surface area (Å²) in [6.07, 6.45) is 4.06. The highest BCUT2D eigenvalue weighted by Crippen LogP contribution is 2.13. The molecule has 0 spiro atoms. The third-order valence-corrected chi connectivity index (χ3v) is 4.53. The van der Waals surface area contributed by atoms with Gasteiger partial charge < -0.3 is 20.1 Å². The number of aliphatic imine (C=N–C) groups is 1. The summed E-state index contributed by atoms with van der Waals surface area (Å²) in [5.41, 5.74) is 2.65. The van der Waals surface area contributed by atoms with Crippen molar-refractivity contribution in [1.82, 2.24) is 15.5 Å². The van der Waals surface area contributed by atoms with Crippen molar-refractivity contribution < 1.29 is 9.47 Å². The van der Waals surface area contributed by atoms with Crippen molar-refractivity contribution in [2.45, 2.75) is 32.4 Å². The van der Waals surface area contributed by atoms with E-state index in [1.54, 1.807) is 14.2 Å². The van der Waals surface area contributed by atoms with Crippen LogP contribution in [0.1, 0.15) is 30.4 Å². The van der Waals surface area contributed by atoms with Crippen LogP contribution in [-0.4, -0.2) is 64.5 Å². The molecule has 1 fully saturated rings. The van der Waals surface area contributed by atoms with Crippen LogP contribution in [-0.2, 0) is 22.6 Å². The quantitative estimate of drug-likeness (QED) is 0.229. The van der Waals surface area contributed by atoms with Gasteiger partial charge in [0.1, 0.15) is 0 Å². The standard InChI is InChI=1S/C20H34N4O2.HI/c1-21-20(22-10-13-26-15-14-25-2)23-16-18-6-8-19(9-7-18)17-24-11-4-3-5-12-24;/h6-9H,3-5,10-17H2,1-2H3,(H2,21,22,23);1H. The Morgan fingerprint density at radius 2 is 1.70 bits per heavy atom. The summed E-state index contributed by atoms with van der Waals surface area (Å²) in [7, 11) is 3.45. The second-order valence-electron chi connectivity index (χ2n) is 6.61. The van der Waals surface area contributed by atoms with E-state index in [1.807, 2.05) is 0 Å². The van der Waals surface area contributed by atoms with Gasteiger partial charge in [0, 0.05) is 33.8 Å². The number of halogens is 1. The summed E-state index contributed by atoms with van der Waals surface area (Å²) >= 11 is 0. The van der Waals surface area contributed by atoms with Crippen molar-refractivity contribution in [2.75, 3.05) is 53.6 Å². The summed E-state index contributed by atoms with van der Waals surface area (Å²) in [5, 5.41) is 6.59. The number of benzene rings is 1. The molecule has 1 aromatic rings. The Labute approximate surface area is 181 Å². The fraction of sp³-hybridized carbons (Fsp3) is 0.650. The first-order valence-corrected chi connectivity index (χ1v) is 9.63. The van der Waals surface area contributed by atoms with Gasteiger partial charge in [-0.25, -0.2) is 0 Å². The third-order valence-electron chi connectivity index (χ3n) is 4.53. The minimum absolute atomic E-state index is 0. The fourth-order valence-corrected chi connectivity index (χ4v) is 3.03. The number of rotatable bonds is 10. The van der Waals surface area contributed by atoms with E-state index >= 15 is 0 Å². The summed E-state index contributed by atoms with van der Waals surface area (Å²) in [5.74, 6) is 0.790. The van der Waals surface area contributed by atoms with Crippen LogP contribution >= 0.6 is 24.0 Å². The SMILES string of the molecule is CN=C(NCCOCCOC)NCc1ccc(CN2CCCCC2)cc1.I. The van der Waals surface area contributed by atoms with Gasteiger partial charge in [-0.15, -0.1) is 24.0 Å². The molecule has 1 aromatic carbocycles. The Morgan fingerprint density at radius 3 is 2.37 bits per heavy atom. The van der Waals surface area contributed by atoms with Crippen molar-refractivity contribution >= 4 is 29.9 Å². The molecule has 1 aliphatic heterocycles. The fourth-order valence-electron chi connectivity index (χ4n) is 3.03. The maximum absolute atomic E-state index is 5.43. The molecule has 0 atom stereocenters. The van der Waals surface area contributed by atoms with Crippen molar-refractivity contribution in [3.05, 3.63) is 35.4 Å². The van der Waals surface area contributed by atoms with Crippen LogP contribution in [0.15, 0.2) is 29.3 Å². The molecule has 0 radical (unpaired) electrons. The monoisotopic (exact) mass is 490 g/mol. The topological polar surface area (TPSA) is 58.1 Å². The number of guanidine groups is 1. The molecule has 154 valence electrons. The van der Waals surface area contributed by atoms with Gasteiger partial charge in [-0.3, -0.25) is 9.89 Å². The lowest BCUT2D eigenvalue weighted by Gasteiger charge is -2.26. The van der Waals surface area contributed by atoms with Crippen LogP contribution in [0.2, 0.25) is 0 Å². The van der Waals surface area contributed by atoms with Crippen LogP contribution in [0.25, 0.3) is 0 Å². The average Bonchev–Trinajstić information content (AvgIpc) is 2.69. The van der Waals surface area contributed by atoms with Gasteiger partial charge in [-0.2, -0.15) is 0 Å². The summed E-state index contributed by atoms with van der Waals surface area (Å²) in [6, 6.07) is 8.89. The molecular formula is C20H35IN4O2.